The van der Waals surface area contributed by atoms with Gasteiger partial charge in [0, 0.05) is 12.9 Å². The molecule has 0 heterocycles. The molecule has 0 saturated heterocycles. The molecule has 0 aromatic rings. The topological polar surface area (TPSA) is 18.5 Å². The maximum Gasteiger partial charge on any atom is 0.0704 e. The zero-order valence-corrected chi connectivity index (χ0v) is 7.14. The third-order valence-corrected chi connectivity index (χ3v) is 1.13. The van der Waals surface area contributed by atoms with Gasteiger partial charge in [0.05, 0.1) is 19.8 Å². The van der Waals surface area contributed by atoms with E-state index in [0.717, 1.165) is 5.75 Å². The summed E-state index contributed by atoms with van der Waals surface area (Å²) in [5.74, 6) is 0.771. The van der Waals surface area contributed by atoms with Crippen LogP contribution in [0.15, 0.2) is 12.2 Å². The molecular weight excluding hydrogens is 148 g/mol. The Kier molecular flexibility index (Phi) is 9.02. The zero-order valence-electron chi connectivity index (χ0n) is 6.25. The molecule has 0 spiro atoms. The van der Waals surface area contributed by atoms with Crippen LogP contribution in [0.1, 0.15) is 0 Å². The quantitative estimate of drug-likeness (QED) is 0.358. The second-order valence-corrected chi connectivity index (χ2v) is 2.09. The predicted molar refractivity (Wildman–Crippen MR) is 45.7 cm³/mol. The van der Waals surface area contributed by atoms with Gasteiger partial charge in [0.1, 0.15) is 0 Å². The molecule has 0 aromatic heterocycles. The maximum atomic E-state index is 5.13. The van der Waals surface area contributed by atoms with Gasteiger partial charge >= 0.3 is 0 Å². The number of rotatable bonds is 6. The molecule has 2 nitrogen and oxygen atoms in total. The summed E-state index contributed by atoms with van der Waals surface area (Å²) >= 11 is 4.00. The Labute approximate surface area is 67.6 Å². The molecule has 0 aliphatic rings. The summed E-state index contributed by atoms with van der Waals surface area (Å²) in [5, 5.41) is 0. The molecule has 0 N–H and O–H groups in total. The lowest BCUT2D eigenvalue weighted by atomic mass is 10.5. The Morgan fingerprint density at radius 3 is 2.70 bits per heavy atom. The Bertz CT molecular complexity index is 83.7. The van der Waals surface area contributed by atoms with Crippen molar-refractivity contribution in [3.8, 4) is 0 Å². The van der Waals surface area contributed by atoms with E-state index < -0.39 is 0 Å². The minimum absolute atomic E-state index is 0.657. The van der Waals surface area contributed by atoms with Crippen LogP contribution in [-0.4, -0.2) is 32.7 Å². The third-order valence-electron chi connectivity index (χ3n) is 0.918. The normalized spacial score (nSPS) is 11.0. The minimum Gasteiger partial charge on any atom is -0.382 e. The molecule has 0 bridgehead atoms. The number of thiol groups is 1. The van der Waals surface area contributed by atoms with E-state index in [0.29, 0.717) is 19.8 Å². The van der Waals surface area contributed by atoms with E-state index in [1.165, 1.54) is 0 Å². The molecule has 0 saturated carbocycles. The molecule has 60 valence electrons. The molecule has 0 atom stereocenters. The molecule has 0 fully saturated rings. The van der Waals surface area contributed by atoms with Crippen LogP contribution in [0.3, 0.4) is 0 Å². The van der Waals surface area contributed by atoms with E-state index in [2.05, 4.69) is 12.6 Å². The Hall–Kier alpha value is 0.01000. The number of ether oxygens (including phenoxy) is 2. The standard InChI is InChI=1S/C7H14O2S/c1-8-5-6-9-4-2-3-7-10/h2-3,10H,4-7H2,1H3. The Morgan fingerprint density at radius 1 is 1.30 bits per heavy atom. The van der Waals surface area contributed by atoms with E-state index >= 15 is 0 Å². The van der Waals surface area contributed by atoms with Crippen molar-refractivity contribution in [3.05, 3.63) is 12.2 Å². The lowest BCUT2D eigenvalue weighted by Gasteiger charge is -1.97. The highest BCUT2D eigenvalue weighted by atomic mass is 32.1. The molecule has 0 amide bonds. The van der Waals surface area contributed by atoms with Crippen LogP contribution in [-0.2, 0) is 9.47 Å². The number of hydrogen-bond donors (Lipinski definition) is 1. The van der Waals surface area contributed by atoms with E-state index in [-0.39, 0.29) is 0 Å². The van der Waals surface area contributed by atoms with Crippen molar-refractivity contribution < 1.29 is 9.47 Å². The van der Waals surface area contributed by atoms with Crippen molar-refractivity contribution in [2.75, 3.05) is 32.7 Å². The summed E-state index contributed by atoms with van der Waals surface area (Å²) in [5.41, 5.74) is 0. The first-order valence-electron chi connectivity index (χ1n) is 3.24. The summed E-state index contributed by atoms with van der Waals surface area (Å²) < 4.78 is 9.91. The highest BCUT2D eigenvalue weighted by Crippen LogP contribution is 1.80. The molecule has 3 heteroatoms. The summed E-state index contributed by atoms with van der Waals surface area (Å²) in [6.45, 7) is 1.98. The molecule has 0 unspecified atom stereocenters. The van der Waals surface area contributed by atoms with Gasteiger partial charge in [0.2, 0.25) is 0 Å². The minimum atomic E-state index is 0.657. The molecular formula is C7H14O2S. The van der Waals surface area contributed by atoms with Gasteiger partial charge in [-0.3, -0.25) is 0 Å². The average molecular weight is 162 g/mol. The molecule has 10 heavy (non-hydrogen) atoms. The van der Waals surface area contributed by atoms with Crippen molar-refractivity contribution in [1.82, 2.24) is 0 Å². The van der Waals surface area contributed by atoms with Crippen molar-refractivity contribution in [2.24, 2.45) is 0 Å². The summed E-state index contributed by atoms with van der Waals surface area (Å²) in [7, 11) is 1.66. The number of hydrogen-bond acceptors (Lipinski definition) is 3. The third kappa shape index (κ3) is 8.01. The molecule has 0 aliphatic heterocycles. The average Bonchev–Trinajstić information content (AvgIpc) is 1.97. The van der Waals surface area contributed by atoms with Crippen LogP contribution in [0.4, 0.5) is 0 Å². The van der Waals surface area contributed by atoms with Crippen LogP contribution >= 0.6 is 12.6 Å². The Morgan fingerprint density at radius 2 is 2.10 bits per heavy atom. The lowest BCUT2D eigenvalue weighted by Crippen LogP contribution is -2.01. The second kappa shape index (κ2) is 9.01. The fourth-order valence-corrected chi connectivity index (χ4v) is 0.585. The van der Waals surface area contributed by atoms with Crippen molar-refractivity contribution in [1.29, 1.82) is 0 Å². The van der Waals surface area contributed by atoms with Crippen LogP contribution in [0.2, 0.25) is 0 Å². The number of methoxy groups -OCH3 is 1. The smallest absolute Gasteiger partial charge is 0.0704 e. The van der Waals surface area contributed by atoms with Crippen LogP contribution in [0, 0.1) is 0 Å². The lowest BCUT2D eigenvalue weighted by molar-refractivity contribution is 0.0853. The van der Waals surface area contributed by atoms with Gasteiger partial charge in [0.15, 0.2) is 0 Å². The van der Waals surface area contributed by atoms with Gasteiger partial charge < -0.3 is 9.47 Å². The van der Waals surface area contributed by atoms with Gasteiger partial charge in [0.25, 0.3) is 0 Å². The molecule has 0 radical (unpaired) electrons. The van der Waals surface area contributed by atoms with Crippen LogP contribution < -0.4 is 0 Å². The largest absolute Gasteiger partial charge is 0.382 e. The zero-order chi connectivity index (χ0) is 7.66. The van der Waals surface area contributed by atoms with Gasteiger partial charge in [-0.2, -0.15) is 12.6 Å². The first kappa shape index (κ1) is 10.0. The van der Waals surface area contributed by atoms with Crippen LogP contribution in [0.25, 0.3) is 0 Å². The summed E-state index contributed by atoms with van der Waals surface area (Å²) in [6, 6.07) is 0. The van der Waals surface area contributed by atoms with E-state index in [1.807, 2.05) is 12.2 Å². The summed E-state index contributed by atoms with van der Waals surface area (Å²) in [4.78, 5) is 0. The van der Waals surface area contributed by atoms with Crippen LogP contribution in [0.5, 0.6) is 0 Å². The highest BCUT2D eigenvalue weighted by molar-refractivity contribution is 7.80. The van der Waals surface area contributed by atoms with Crippen molar-refractivity contribution in [3.63, 3.8) is 0 Å². The van der Waals surface area contributed by atoms with Crippen molar-refractivity contribution >= 4 is 12.6 Å². The van der Waals surface area contributed by atoms with Gasteiger partial charge in [-0.1, -0.05) is 12.2 Å². The Balaban J connectivity index is 2.83. The molecule has 0 aliphatic carbocycles. The van der Waals surface area contributed by atoms with Gasteiger partial charge in [-0.15, -0.1) is 0 Å². The highest BCUT2D eigenvalue weighted by Gasteiger charge is 1.81. The van der Waals surface area contributed by atoms with Crippen molar-refractivity contribution in [2.45, 2.75) is 0 Å². The molecule has 0 aromatic carbocycles. The molecule has 0 rings (SSSR count). The van der Waals surface area contributed by atoms with Gasteiger partial charge in [-0.05, 0) is 0 Å². The SMILES string of the molecule is COCCOCC=CCS. The van der Waals surface area contributed by atoms with E-state index in [4.69, 9.17) is 9.47 Å². The fourth-order valence-electron chi connectivity index (χ4n) is 0.436. The van der Waals surface area contributed by atoms with Gasteiger partial charge in [-0.25, -0.2) is 0 Å². The first-order chi connectivity index (χ1) is 4.91. The first-order valence-corrected chi connectivity index (χ1v) is 3.87. The maximum absolute atomic E-state index is 5.13. The predicted octanol–water partition coefficient (Wildman–Crippen LogP) is 1.14. The summed E-state index contributed by atoms with van der Waals surface area (Å²) in [6.07, 6.45) is 3.90. The fraction of sp³-hybridized carbons (Fsp3) is 0.714. The van der Waals surface area contributed by atoms with E-state index in [9.17, 15) is 0 Å². The second-order valence-electron chi connectivity index (χ2n) is 1.72. The van der Waals surface area contributed by atoms with E-state index in [1.54, 1.807) is 7.11 Å². The monoisotopic (exact) mass is 162 g/mol.